The van der Waals surface area contributed by atoms with Gasteiger partial charge in [0.15, 0.2) is 0 Å². The average molecular weight is 204 g/mol. The standard InChI is InChI=1S/C9H20N2O3/c1-10-8(9(13)14)5-3-4-6-11(2)7-12/h8,10,12H,3-7H2,1-2H3,(H,13,14). The van der Waals surface area contributed by atoms with Crippen molar-refractivity contribution >= 4 is 5.97 Å². The third-order valence-electron chi connectivity index (χ3n) is 2.17. The van der Waals surface area contributed by atoms with Crippen LogP contribution in [0, 0.1) is 0 Å². The summed E-state index contributed by atoms with van der Waals surface area (Å²) in [7, 11) is 3.48. The van der Waals surface area contributed by atoms with Gasteiger partial charge in [-0.15, -0.1) is 0 Å². The van der Waals surface area contributed by atoms with Gasteiger partial charge in [-0.1, -0.05) is 6.42 Å². The first-order valence-corrected chi connectivity index (χ1v) is 4.81. The van der Waals surface area contributed by atoms with Gasteiger partial charge in [0, 0.05) is 0 Å². The maximum atomic E-state index is 10.6. The maximum Gasteiger partial charge on any atom is 0.320 e. The van der Waals surface area contributed by atoms with Crippen LogP contribution in [0.5, 0.6) is 0 Å². The highest BCUT2D eigenvalue weighted by molar-refractivity contribution is 5.73. The molecule has 5 nitrogen and oxygen atoms in total. The van der Waals surface area contributed by atoms with Gasteiger partial charge in [-0.3, -0.25) is 9.69 Å². The van der Waals surface area contributed by atoms with Gasteiger partial charge in [0.2, 0.25) is 0 Å². The molecule has 3 N–H and O–H groups in total. The van der Waals surface area contributed by atoms with E-state index in [4.69, 9.17) is 10.2 Å². The van der Waals surface area contributed by atoms with Crippen LogP contribution in [0.2, 0.25) is 0 Å². The molecule has 1 atom stereocenters. The molecule has 0 rings (SSSR count). The van der Waals surface area contributed by atoms with Crippen molar-refractivity contribution in [3.8, 4) is 0 Å². The molecule has 0 aromatic rings. The summed E-state index contributed by atoms with van der Waals surface area (Å²) in [5.74, 6) is -0.803. The highest BCUT2D eigenvalue weighted by Crippen LogP contribution is 2.01. The van der Waals surface area contributed by atoms with Crippen LogP contribution in [0.25, 0.3) is 0 Å². The molecule has 14 heavy (non-hydrogen) atoms. The fraction of sp³-hybridized carbons (Fsp3) is 0.889. The number of aliphatic hydroxyl groups excluding tert-OH is 1. The summed E-state index contributed by atoms with van der Waals surface area (Å²) in [6, 6.07) is -0.450. The molecule has 0 aromatic carbocycles. The summed E-state index contributed by atoms with van der Waals surface area (Å²) >= 11 is 0. The Hall–Kier alpha value is -0.650. The molecule has 0 saturated carbocycles. The molecule has 0 saturated heterocycles. The summed E-state index contributed by atoms with van der Waals surface area (Å²) in [5, 5.41) is 20.2. The van der Waals surface area contributed by atoms with E-state index in [0.717, 1.165) is 19.4 Å². The van der Waals surface area contributed by atoms with Crippen molar-refractivity contribution in [2.45, 2.75) is 25.3 Å². The number of hydrogen-bond donors (Lipinski definition) is 3. The Morgan fingerprint density at radius 1 is 1.50 bits per heavy atom. The van der Waals surface area contributed by atoms with E-state index in [-0.39, 0.29) is 6.73 Å². The van der Waals surface area contributed by atoms with Crippen LogP contribution >= 0.6 is 0 Å². The highest BCUT2D eigenvalue weighted by Gasteiger charge is 2.13. The van der Waals surface area contributed by atoms with Crippen LogP contribution in [0.15, 0.2) is 0 Å². The molecule has 0 heterocycles. The van der Waals surface area contributed by atoms with Gasteiger partial charge in [0.25, 0.3) is 0 Å². The van der Waals surface area contributed by atoms with Crippen molar-refractivity contribution in [3.63, 3.8) is 0 Å². The summed E-state index contributed by atoms with van der Waals surface area (Å²) in [6.07, 6.45) is 2.38. The molecule has 0 aliphatic heterocycles. The second kappa shape index (κ2) is 7.73. The van der Waals surface area contributed by atoms with E-state index in [1.54, 1.807) is 11.9 Å². The minimum atomic E-state index is -0.803. The van der Waals surface area contributed by atoms with Crippen molar-refractivity contribution in [1.29, 1.82) is 0 Å². The van der Waals surface area contributed by atoms with Crippen LogP contribution in [-0.2, 0) is 4.79 Å². The van der Waals surface area contributed by atoms with E-state index >= 15 is 0 Å². The molecule has 5 heteroatoms. The fourth-order valence-corrected chi connectivity index (χ4v) is 1.19. The van der Waals surface area contributed by atoms with Crippen LogP contribution in [0.4, 0.5) is 0 Å². The van der Waals surface area contributed by atoms with Crippen molar-refractivity contribution < 1.29 is 15.0 Å². The summed E-state index contributed by atoms with van der Waals surface area (Å²) < 4.78 is 0. The predicted molar refractivity (Wildman–Crippen MR) is 54.1 cm³/mol. The first-order valence-electron chi connectivity index (χ1n) is 4.81. The number of carbonyl (C=O) groups is 1. The van der Waals surface area contributed by atoms with E-state index in [1.807, 2.05) is 7.05 Å². The van der Waals surface area contributed by atoms with Crippen molar-refractivity contribution in [3.05, 3.63) is 0 Å². The Morgan fingerprint density at radius 2 is 2.14 bits per heavy atom. The highest BCUT2D eigenvalue weighted by atomic mass is 16.4. The normalized spacial score (nSPS) is 13.1. The molecule has 0 aliphatic rings. The summed E-state index contributed by atoms with van der Waals surface area (Å²) in [5.41, 5.74) is 0. The lowest BCUT2D eigenvalue weighted by atomic mass is 10.1. The van der Waals surface area contributed by atoms with Gasteiger partial charge in [0.1, 0.15) is 6.04 Å². The number of nitrogens with zero attached hydrogens (tertiary/aromatic N) is 1. The van der Waals surface area contributed by atoms with Gasteiger partial charge >= 0.3 is 5.97 Å². The van der Waals surface area contributed by atoms with Gasteiger partial charge in [0.05, 0.1) is 6.73 Å². The number of carboxylic acid groups (broad SMARTS) is 1. The second-order valence-corrected chi connectivity index (χ2v) is 3.40. The van der Waals surface area contributed by atoms with Crippen LogP contribution < -0.4 is 5.32 Å². The molecule has 0 fully saturated rings. The van der Waals surface area contributed by atoms with E-state index < -0.39 is 12.0 Å². The number of rotatable bonds is 8. The Labute approximate surface area is 84.7 Å². The number of aliphatic hydroxyl groups is 1. The topological polar surface area (TPSA) is 72.8 Å². The summed E-state index contributed by atoms with van der Waals surface area (Å²) in [4.78, 5) is 12.4. The molecule has 0 aliphatic carbocycles. The zero-order chi connectivity index (χ0) is 11.0. The van der Waals surface area contributed by atoms with Gasteiger partial charge in [-0.05, 0) is 33.5 Å². The third kappa shape index (κ3) is 5.90. The molecule has 0 amide bonds. The maximum absolute atomic E-state index is 10.6. The number of unbranched alkanes of at least 4 members (excludes halogenated alkanes) is 1. The number of likely N-dealkylation sites (N-methyl/N-ethyl adjacent to an activating group) is 1. The zero-order valence-corrected chi connectivity index (χ0v) is 8.86. The van der Waals surface area contributed by atoms with Crippen LogP contribution in [0.3, 0.4) is 0 Å². The van der Waals surface area contributed by atoms with Crippen LogP contribution in [0.1, 0.15) is 19.3 Å². The Balaban J connectivity index is 3.47. The SMILES string of the molecule is CNC(CCCCN(C)CO)C(=O)O. The average Bonchev–Trinajstić information content (AvgIpc) is 2.16. The van der Waals surface area contributed by atoms with E-state index in [2.05, 4.69) is 5.32 Å². The monoisotopic (exact) mass is 204 g/mol. The zero-order valence-electron chi connectivity index (χ0n) is 8.86. The van der Waals surface area contributed by atoms with Gasteiger partial charge < -0.3 is 15.5 Å². The molecule has 1 unspecified atom stereocenters. The smallest absolute Gasteiger partial charge is 0.320 e. The number of hydrogen-bond acceptors (Lipinski definition) is 4. The number of aliphatic carboxylic acids is 1. The van der Waals surface area contributed by atoms with E-state index in [1.165, 1.54) is 0 Å². The van der Waals surface area contributed by atoms with Crippen molar-refractivity contribution in [2.75, 3.05) is 27.4 Å². The Bertz CT molecular complexity index is 164. The molecule has 84 valence electrons. The van der Waals surface area contributed by atoms with Crippen molar-refractivity contribution in [2.24, 2.45) is 0 Å². The van der Waals surface area contributed by atoms with Crippen molar-refractivity contribution in [1.82, 2.24) is 10.2 Å². The Kier molecular flexibility index (Phi) is 7.37. The molecule has 0 spiro atoms. The predicted octanol–water partition coefficient (Wildman–Crippen LogP) is -0.289. The lowest BCUT2D eigenvalue weighted by molar-refractivity contribution is -0.139. The molecule has 0 bridgehead atoms. The minimum absolute atomic E-state index is 0.0500. The molecule has 0 aromatic heterocycles. The van der Waals surface area contributed by atoms with Gasteiger partial charge in [-0.2, -0.15) is 0 Å². The first-order chi connectivity index (χ1) is 6.61. The minimum Gasteiger partial charge on any atom is -0.480 e. The molecular weight excluding hydrogens is 184 g/mol. The van der Waals surface area contributed by atoms with Crippen LogP contribution in [-0.4, -0.2) is 54.5 Å². The van der Waals surface area contributed by atoms with E-state index in [0.29, 0.717) is 6.42 Å². The molecular formula is C9H20N2O3. The number of carboxylic acids is 1. The fourth-order valence-electron chi connectivity index (χ4n) is 1.19. The first kappa shape index (κ1) is 13.4. The summed E-state index contributed by atoms with van der Waals surface area (Å²) in [6.45, 7) is 0.848. The largest absolute Gasteiger partial charge is 0.480 e. The molecule has 0 radical (unpaired) electrons. The number of nitrogens with one attached hydrogen (secondary N) is 1. The lowest BCUT2D eigenvalue weighted by Crippen LogP contribution is -2.33. The van der Waals surface area contributed by atoms with Gasteiger partial charge in [-0.25, -0.2) is 0 Å². The second-order valence-electron chi connectivity index (χ2n) is 3.40. The van der Waals surface area contributed by atoms with E-state index in [9.17, 15) is 4.79 Å². The third-order valence-corrected chi connectivity index (χ3v) is 2.17. The Morgan fingerprint density at radius 3 is 2.57 bits per heavy atom. The lowest BCUT2D eigenvalue weighted by Gasteiger charge is -2.14. The quantitative estimate of drug-likeness (QED) is 0.374.